The lowest BCUT2D eigenvalue weighted by Crippen LogP contribution is -1.93. The summed E-state index contributed by atoms with van der Waals surface area (Å²) in [7, 11) is 0. The highest BCUT2D eigenvalue weighted by Gasteiger charge is 2.01. The third-order valence-corrected chi connectivity index (χ3v) is 1.83. The molecular weight excluding hydrogens is 164 g/mol. The van der Waals surface area contributed by atoms with Crippen LogP contribution in [0.4, 0.5) is 0 Å². The number of nitrogens with zero attached hydrogens (tertiary/aromatic N) is 4. The van der Waals surface area contributed by atoms with Gasteiger partial charge in [0.25, 0.3) is 0 Å². The van der Waals surface area contributed by atoms with Crippen LogP contribution in [0.3, 0.4) is 0 Å². The highest BCUT2D eigenvalue weighted by molar-refractivity contribution is 5.46. The van der Waals surface area contributed by atoms with E-state index in [-0.39, 0.29) is 0 Å². The molecule has 0 radical (unpaired) electrons. The van der Waals surface area contributed by atoms with Crippen molar-refractivity contribution in [2.45, 2.75) is 27.7 Å². The minimum atomic E-state index is 0.887. The summed E-state index contributed by atoms with van der Waals surface area (Å²) in [4.78, 5) is 4.16. The first-order valence-electron chi connectivity index (χ1n) is 4.40. The van der Waals surface area contributed by atoms with Gasteiger partial charge in [-0.1, -0.05) is 13.8 Å². The molecule has 4 nitrogen and oxygen atoms in total. The number of aromatic nitrogens is 4. The lowest BCUT2D eigenvalue weighted by Gasteiger charge is -1.98. The van der Waals surface area contributed by atoms with Crippen molar-refractivity contribution < 1.29 is 0 Å². The van der Waals surface area contributed by atoms with Gasteiger partial charge in [0.15, 0.2) is 5.65 Å². The van der Waals surface area contributed by atoms with Gasteiger partial charge in [-0.2, -0.15) is 0 Å². The summed E-state index contributed by atoms with van der Waals surface area (Å²) in [5.41, 5.74) is 2.98. The summed E-state index contributed by atoms with van der Waals surface area (Å²) in [6.45, 7) is 7.95. The molecule has 0 bridgehead atoms. The molecule has 2 aromatic rings. The van der Waals surface area contributed by atoms with E-state index in [1.807, 2.05) is 32.1 Å². The van der Waals surface area contributed by atoms with Gasteiger partial charge in [0.2, 0.25) is 0 Å². The van der Waals surface area contributed by atoms with E-state index in [1.54, 1.807) is 12.7 Å². The smallest absolute Gasteiger partial charge is 0.166 e. The Hall–Kier alpha value is -1.45. The first-order chi connectivity index (χ1) is 6.29. The van der Waals surface area contributed by atoms with Crippen LogP contribution in [-0.4, -0.2) is 19.6 Å². The van der Waals surface area contributed by atoms with Crippen LogP contribution in [0.1, 0.15) is 25.1 Å². The van der Waals surface area contributed by atoms with Crippen LogP contribution in [0.2, 0.25) is 0 Å². The van der Waals surface area contributed by atoms with Crippen molar-refractivity contribution in [3.8, 4) is 0 Å². The molecule has 0 atom stereocenters. The van der Waals surface area contributed by atoms with Crippen LogP contribution >= 0.6 is 0 Å². The Morgan fingerprint density at radius 3 is 2.54 bits per heavy atom. The Morgan fingerprint density at radius 1 is 1.15 bits per heavy atom. The molecule has 0 aliphatic rings. The molecule has 0 unspecified atom stereocenters. The van der Waals surface area contributed by atoms with Crippen molar-refractivity contribution in [3.05, 3.63) is 23.9 Å². The zero-order chi connectivity index (χ0) is 9.84. The molecule has 0 fully saturated rings. The fourth-order valence-corrected chi connectivity index (χ4v) is 1.00. The summed E-state index contributed by atoms with van der Waals surface area (Å²) in [5, 5.41) is 7.73. The predicted molar refractivity (Wildman–Crippen MR) is 51.6 cm³/mol. The standard InChI is InChI=1S/C7H8N4.C2H6/c1-5-6(2)8-3-11-4-9-10-7(5)11;1-2/h3-4H,1-2H3;1-2H3. The number of rotatable bonds is 0. The van der Waals surface area contributed by atoms with Gasteiger partial charge in [0, 0.05) is 11.3 Å². The molecular formula is C9H14N4. The van der Waals surface area contributed by atoms with E-state index >= 15 is 0 Å². The second kappa shape index (κ2) is 3.98. The normalized spacial score (nSPS) is 9.54. The van der Waals surface area contributed by atoms with Gasteiger partial charge in [0.1, 0.15) is 12.7 Å². The highest BCUT2D eigenvalue weighted by Crippen LogP contribution is 2.07. The van der Waals surface area contributed by atoms with Crippen LogP contribution in [0, 0.1) is 13.8 Å². The van der Waals surface area contributed by atoms with Crippen molar-refractivity contribution in [1.82, 2.24) is 19.6 Å². The van der Waals surface area contributed by atoms with E-state index < -0.39 is 0 Å². The Bertz CT molecular complexity index is 391. The van der Waals surface area contributed by atoms with Crippen LogP contribution in [0.5, 0.6) is 0 Å². The molecule has 2 heterocycles. The lowest BCUT2D eigenvalue weighted by atomic mass is 10.3. The molecule has 0 aliphatic heterocycles. The van der Waals surface area contributed by atoms with Gasteiger partial charge >= 0.3 is 0 Å². The number of hydrogen-bond acceptors (Lipinski definition) is 3. The Labute approximate surface area is 77.6 Å². The fourth-order valence-electron chi connectivity index (χ4n) is 1.00. The second-order valence-electron chi connectivity index (χ2n) is 2.52. The maximum absolute atomic E-state index is 4.16. The lowest BCUT2D eigenvalue weighted by molar-refractivity contribution is 1.02. The van der Waals surface area contributed by atoms with Crippen molar-refractivity contribution in [2.75, 3.05) is 0 Å². The molecule has 0 spiro atoms. The quantitative estimate of drug-likeness (QED) is 0.617. The number of hydrogen-bond donors (Lipinski definition) is 0. The van der Waals surface area contributed by atoms with Gasteiger partial charge < -0.3 is 0 Å². The third-order valence-electron chi connectivity index (χ3n) is 1.83. The Balaban J connectivity index is 0.000000396. The van der Waals surface area contributed by atoms with Gasteiger partial charge in [-0.3, -0.25) is 4.40 Å². The average molecular weight is 178 g/mol. The molecule has 4 heteroatoms. The molecule has 13 heavy (non-hydrogen) atoms. The van der Waals surface area contributed by atoms with Crippen molar-refractivity contribution in [2.24, 2.45) is 0 Å². The molecule has 0 aromatic carbocycles. The van der Waals surface area contributed by atoms with Gasteiger partial charge in [-0.15, -0.1) is 10.2 Å². The maximum Gasteiger partial charge on any atom is 0.166 e. The SMILES string of the molecule is CC.Cc1ncn2cnnc2c1C. The minimum absolute atomic E-state index is 0.887. The molecule has 2 rings (SSSR count). The first-order valence-corrected chi connectivity index (χ1v) is 4.40. The van der Waals surface area contributed by atoms with E-state index in [9.17, 15) is 0 Å². The average Bonchev–Trinajstić information content (AvgIpc) is 2.63. The number of aryl methyl sites for hydroxylation is 2. The minimum Gasteiger partial charge on any atom is -0.272 e. The zero-order valence-electron chi connectivity index (χ0n) is 8.44. The molecule has 0 aliphatic carbocycles. The molecule has 0 N–H and O–H groups in total. The van der Waals surface area contributed by atoms with Gasteiger partial charge in [-0.25, -0.2) is 4.98 Å². The van der Waals surface area contributed by atoms with Crippen LogP contribution < -0.4 is 0 Å². The zero-order valence-corrected chi connectivity index (χ0v) is 8.44. The summed E-state index contributed by atoms with van der Waals surface area (Å²) in [6.07, 6.45) is 3.37. The summed E-state index contributed by atoms with van der Waals surface area (Å²) >= 11 is 0. The van der Waals surface area contributed by atoms with E-state index in [2.05, 4.69) is 15.2 Å². The number of fused-ring (bicyclic) bond motifs is 1. The predicted octanol–water partition coefficient (Wildman–Crippen LogP) is 1.77. The van der Waals surface area contributed by atoms with Gasteiger partial charge in [0.05, 0.1) is 0 Å². The summed E-state index contributed by atoms with van der Waals surface area (Å²) in [5.74, 6) is 0. The van der Waals surface area contributed by atoms with Crippen LogP contribution in [0.15, 0.2) is 12.7 Å². The second-order valence-corrected chi connectivity index (χ2v) is 2.52. The molecule has 70 valence electrons. The van der Waals surface area contributed by atoms with E-state index in [0.29, 0.717) is 0 Å². The third kappa shape index (κ3) is 1.66. The summed E-state index contributed by atoms with van der Waals surface area (Å²) in [6, 6.07) is 0. The van der Waals surface area contributed by atoms with Crippen LogP contribution in [-0.2, 0) is 0 Å². The van der Waals surface area contributed by atoms with Gasteiger partial charge in [-0.05, 0) is 13.8 Å². The Kier molecular flexibility index (Phi) is 2.95. The molecule has 0 saturated heterocycles. The van der Waals surface area contributed by atoms with E-state index in [1.165, 1.54) is 0 Å². The van der Waals surface area contributed by atoms with E-state index in [4.69, 9.17) is 0 Å². The molecule has 2 aromatic heterocycles. The van der Waals surface area contributed by atoms with Crippen molar-refractivity contribution >= 4 is 5.65 Å². The van der Waals surface area contributed by atoms with Crippen molar-refractivity contribution in [1.29, 1.82) is 0 Å². The maximum atomic E-state index is 4.16. The molecule has 0 amide bonds. The first kappa shape index (κ1) is 9.64. The largest absolute Gasteiger partial charge is 0.272 e. The summed E-state index contributed by atoms with van der Waals surface area (Å²) < 4.78 is 1.81. The topological polar surface area (TPSA) is 43.1 Å². The monoisotopic (exact) mass is 178 g/mol. The highest BCUT2D eigenvalue weighted by atomic mass is 15.2. The van der Waals surface area contributed by atoms with E-state index in [0.717, 1.165) is 16.9 Å². The van der Waals surface area contributed by atoms with Crippen LogP contribution in [0.25, 0.3) is 5.65 Å². The van der Waals surface area contributed by atoms with Crippen molar-refractivity contribution in [3.63, 3.8) is 0 Å². The Morgan fingerprint density at radius 2 is 1.85 bits per heavy atom. The fraction of sp³-hybridized carbons (Fsp3) is 0.444. The molecule has 0 saturated carbocycles.